The van der Waals surface area contributed by atoms with Crippen LogP contribution in [0.2, 0.25) is 0 Å². The first kappa shape index (κ1) is 13.6. The fraction of sp³-hybridized carbons (Fsp3) is 0.294. The Balaban J connectivity index is 2.19. The Morgan fingerprint density at radius 1 is 1.14 bits per heavy atom. The highest BCUT2D eigenvalue weighted by atomic mass is 15.1. The zero-order chi connectivity index (χ0) is 15.2. The summed E-state index contributed by atoms with van der Waals surface area (Å²) < 4.78 is 1.97. The van der Waals surface area contributed by atoms with Crippen molar-refractivity contribution in [3.63, 3.8) is 0 Å². The van der Waals surface area contributed by atoms with Crippen molar-refractivity contribution in [3.05, 3.63) is 42.4 Å². The van der Waals surface area contributed by atoms with Gasteiger partial charge in [-0.2, -0.15) is 0 Å². The van der Waals surface area contributed by atoms with Crippen molar-refractivity contribution in [1.29, 1.82) is 0 Å². The first-order valence-electron chi connectivity index (χ1n) is 7.06. The standard InChI is InChI=1S/C17H20N4/c1-17(2,3)16-20-14(15(18)21(16)4)12-7-8-13-11(10-12)6-5-9-19-13/h5-10H,18H2,1-4H3. The van der Waals surface area contributed by atoms with E-state index < -0.39 is 0 Å². The van der Waals surface area contributed by atoms with Gasteiger partial charge in [-0.3, -0.25) is 4.98 Å². The van der Waals surface area contributed by atoms with Crippen molar-refractivity contribution in [3.8, 4) is 11.3 Å². The van der Waals surface area contributed by atoms with Crippen LogP contribution in [0.1, 0.15) is 26.6 Å². The lowest BCUT2D eigenvalue weighted by molar-refractivity contribution is 0.524. The zero-order valence-electron chi connectivity index (χ0n) is 12.9. The minimum absolute atomic E-state index is 0.0421. The van der Waals surface area contributed by atoms with Gasteiger partial charge in [0.25, 0.3) is 0 Å². The van der Waals surface area contributed by atoms with Crippen molar-refractivity contribution in [1.82, 2.24) is 14.5 Å². The summed E-state index contributed by atoms with van der Waals surface area (Å²) in [6.45, 7) is 6.43. The summed E-state index contributed by atoms with van der Waals surface area (Å²) in [6, 6.07) is 10.1. The number of fused-ring (bicyclic) bond motifs is 1. The highest BCUT2D eigenvalue weighted by Gasteiger charge is 2.23. The van der Waals surface area contributed by atoms with Crippen LogP contribution in [0.4, 0.5) is 5.82 Å². The van der Waals surface area contributed by atoms with Gasteiger partial charge < -0.3 is 10.3 Å². The predicted molar refractivity (Wildman–Crippen MR) is 87.1 cm³/mol. The molecule has 3 aromatic rings. The van der Waals surface area contributed by atoms with E-state index in [0.717, 1.165) is 28.0 Å². The molecule has 2 N–H and O–H groups in total. The Bertz CT molecular complexity index is 809. The van der Waals surface area contributed by atoms with E-state index in [2.05, 4.69) is 37.9 Å². The summed E-state index contributed by atoms with van der Waals surface area (Å²) in [6.07, 6.45) is 1.80. The molecule has 0 bridgehead atoms. The first-order chi connectivity index (χ1) is 9.88. The number of nitrogens with two attached hydrogens (primary N) is 1. The van der Waals surface area contributed by atoms with Crippen LogP contribution < -0.4 is 5.73 Å². The number of nitrogen functional groups attached to an aromatic ring is 1. The third-order valence-electron chi connectivity index (χ3n) is 3.69. The predicted octanol–water partition coefficient (Wildman–Crippen LogP) is 3.52. The zero-order valence-corrected chi connectivity index (χ0v) is 12.9. The molecule has 0 saturated carbocycles. The summed E-state index contributed by atoms with van der Waals surface area (Å²) in [5.74, 6) is 1.68. The molecule has 0 spiro atoms. The maximum absolute atomic E-state index is 6.26. The number of nitrogens with zero attached hydrogens (tertiary/aromatic N) is 3. The summed E-state index contributed by atoms with van der Waals surface area (Å²) >= 11 is 0. The normalized spacial score (nSPS) is 12.0. The van der Waals surface area contributed by atoms with Crippen LogP contribution in [0.5, 0.6) is 0 Å². The van der Waals surface area contributed by atoms with Crippen molar-refractivity contribution < 1.29 is 0 Å². The summed E-state index contributed by atoms with van der Waals surface area (Å²) in [5, 5.41) is 1.09. The number of aromatic nitrogens is 3. The SMILES string of the molecule is Cn1c(C(C)(C)C)nc(-c2ccc3ncccc3c2)c1N. The molecule has 3 rings (SSSR count). The van der Waals surface area contributed by atoms with Crippen LogP contribution in [-0.2, 0) is 12.5 Å². The molecule has 0 radical (unpaired) electrons. The highest BCUT2D eigenvalue weighted by Crippen LogP contribution is 2.32. The number of hydrogen-bond donors (Lipinski definition) is 1. The van der Waals surface area contributed by atoms with Gasteiger partial charge in [-0.05, 0) is 18.2 Å². The maximum atomic E-state index is 6.26. The molecule has 0 aliphatic heterocycles. The highest BCUT2D eigenvalue weighted by molar-refractivity contribution is 5.85. The Labute approximate surface area is 124 Å². The Morgan fingerprint density at radius 3 is 2.57 bits per heavy atom. The van der Waals surface area contributed by atoms with Crippen molar-refractivity contribution in [2.75, 3.05) is 5.73 Å². The smallest absolute Gasteiger partial charge is 0.131 e. The lowest BCUT2D eigenvalue weighted by Crippen LogP contribution is -2.17. The number of rotatable bonds is 1. The number of benzene rings is 1. The number of imidazole rings is 1. The molecule has 0 unspecified atom stereocenters. The molecular formula is C17H20N4. The van der Waals surface area contributed by atoms with Crippen molar-refractivity contribution in [2.24, 2.45) is 7.05 Å². The van der Waals surface area contributed by atoms with E-state index in [1.807, 2.05) is 29.8 Å². The Hall–Kier alpha value is -2.36. The monoisotopic (exact) mass is 280 g/mol. The molecule has 0 saturated heterocycles. The molecule has 21 heavy (non-hydrogen) atoms. The van der Waals surface area contributed by atoms with Crippen molar-refractivity contribution in [2.45, 2.75) is 26.2 Å². The molecule has 4 heteroatoms. The first-order valence-corrected chi connectivity index (χ1v) is 7.06. The minimum atomic E-state index is -0.0421. The summed E-state index contributed by atoms with van der Waals surface area (Å²) in [7, 11) is 1.97. The van der Waals surface area contributed by atoms with Crippen LogP contribution in [0.3, 0.4) is 0 Å². The van der Waals surface area contributed by atoms with Crippen LogP contribution >= 0.6 is 0 Å². The van der Waals surface area contributed by atoms with Gasteiger partial charge in [0, 0.05) is 29.6 Å². The van der Waals surface area contributed by atoms with E-state index in [0.29, 0.717) is 5.82 Å². The largest absolute Gasteiger partial charge is 0.383 e. The fourth-order valence-corrected chi connectivity index (χ4v) is 2.62. The molecule has 0 amide bonds. The lowest BCUT2D eigenvalue weighted by Gasteiger charge is -2.17. The second-order valence-electron chi connectivity index (χ2n) is 6.39. The quantitative estimate of drug-likeness (QED) is 0.742. The molecule has 0 fully saturated rings. The minimum Gasteiger partial charge on any atom is -0.383 e. The number of pyridine rings is 1. The molecule has 0 aliphatic carbocycles. The van der Waals surface area contributed by atoms with E-state index in [1.165, 1.54) is 0 Å². The second kappa shape index (κ2) is 4.58. The third-order valence-corrected chi connectivity index (χ3v) is 3.69. The fourth-order valence-electron chi connectivity index (χ4n) is 2.62. The van der Waals surface area contributed by atoms with E-state index in [9.17, 15) is 0 Å². The molecule has 2 heterocycles. The van der Waals surface area contributed by atoms with Gasteiger partial charge in [0.05, 0.1) is 5.52 Å². The van der Waals surface area contributed by atoms with Gasteiger partial charge in [0.1, 0.15) is 17.3 Å². The molecule has 1 aromatic carbocycles. The second-order valence-corrected chi connectivity index (χ2v) is 6.39. The van der Waals surface area contributed by atoms with Gasteiger partial charge in [0.2, 0.25) is 0 Å². The molecule has 0 atom stereocenters. The van der Waals surface area contributed by atoms with Gasteiger partial charge in [-0.25, -0.2) is 4.98 Å². The van der Waals surface area contributed by atoms with Crippen molar-refractivity contribution >= 4 is 16.7 Å². The van der Waals surface area contributed by atoms with Crippen LogP contribution in [0, 0.1) is 0 Å². The van der Waals surface area contributed by atoms with Gasteiger partial charge >= 0.3 is 0 Å². The molecule has 0 aliphatic rings. The third kappa shape index (κ3) is 2.27. The maximum Gasteiger partial charge on any atom is 0.131 e. The van der Waals surface area contributed by atoms with E-state index in [1.54, 1.807) is 6.20 Å². The summed E-state index contributed by atoms with van der Waals surface area (Å²) in [5.41, 5.74) is 9.07. The van der Waals surface area contributed by atoms with Crippen LogP contribution in [-0.4, -0.2) is 14.5 Å². The van der Waals surface area contributed by atoms with Gasteiger partial charge in [-0.1, -0.05) is 32.9 Å². The average Bonchev–Trinajstić information content (AvgIpc) is 2.75. The topological polar surface area (TPSA) is 56.7 Å². The van der Waals surface area contributed by atoms with E-state index in [4.69, 9.17) is 10.7 Å². The lowest BCUT2D eigenvalue weighted by atomic mass is 9.96. The molecule has 108 valence electrons. The molecule has 2 aromatic heterocycles. The molecule has 4 nitrogen and oxygen atoms in total. The number of hydrogen-bond acceptors (Lipinski definition) is 3. The Morgan fingerprint density at radius 2 is 1.90 bits per heavy atom. The average molecular weight is 280 g/mol. The van der Waals surface area contributed by atoms with Gasteiger partial charge in [0.15, 0.2) is 0 Å². The van der Waals surface area contributed by atoms with E-state index in [-0.39, 0.29) is 5.41 Å². The number of anilines is 1. The van der Waals surface area contributed by atoms with Crippen LogP contribution in [0.25, 0.3) is 22.2 Å². The summed E-state index contributed by atoms with van der Waals surface area (Å²) in [4.78, 5) is 9.12. The molecular weight excluding hydrogens is 260 g/mol. The van der Waals surface area contributed by atoms with E-state index >= 15 is 0 Å². The van der Waals surface area contributed by atoms with Gasteiger partial charge in [-0.15, -0.1) is 0 Å². The van der Waals surface area contributed by atoms with Crippen LogP contribution in [0.15, 0.2) is 36.5 Å². The Kier molecular flexibility index (Phi) is 2.97.